The summed E-state index contributed by atoms with van der Waals surface area (Å²) in [5.41, 5.74) is 0.106. The largest absolute Gasteiger partial charge is 0.394 e. The van der Waals surface area contributed by atoms with Crippen molar-refractivity contribution in [3.63, 3.8) is 0 Å². The first kappa shape index (κ1) is 34.2. The molecular formula is C29H47F4NO2. The number of hydrogen-bond acceptors (Lipinski definition) is 3. The Kier molecular flexibility index (Phi) is 13.0. The zero-order valence-electron chi connectivity index (χ0n) is 23.9. The zero-order chi connectivity index (χ0) is 28.5. The third-order valence-corrected chi connectivity index (χ3v) is 6.45. The molecule has 0 spiro atoms. The number of aliphatic imine (C=N–C) groups is 1. The highest BCUT2D eigenvalue weighted by molar-refractivity contribution is 5.85. The molecule has 0 aromatic heterocycles. The van der Waals surface area contributed by atoms with Crippen LogP contribution in [-0.4, -0.2) is 22.8 Å². The first-order valence-electron chi connectivity index (χ1n) is 12.8. The number of nitrogens with zero attached hydrogens (tertiary/aromatic N) is 1. The minimum absolute atomic E-state index is 0.166. The van der Waals surface area contributed by atoms with Crippen molar-refractivity contribution >= 4 is 17.2 Å². The normalized spacial score (nSPS) is 15.7. The van der Waals surface area contributed by atoms with Crippen LogP contribution in [0.5, 0.6) is 0 Å². The summed E-state index contributed by atoms with van der Waals surface area (Å²) < 4.78 is 50.7. The van der Waals surface area contributed by atoms with E-state index in [-0.39, 0.29) is 18.0 Å². The predicted molar refractivity (Wildman–Crippen MR) is 141 cm³/mol. The lowest BCUT2D eigenvalue weighted by molar-refractivity contribution is -0.213. The smallest absolute Gasteiger partial charge is 0.386 e. The Morgan fingerprint density at radius 3 is 1.92 bits per heavy atom. The molecule has 1 N–H and O–H groups in total. The number of carbonyl (C=O) groups excluding carboxylic acids is 1. The van der Waals surface area contributed by atoms with E-state index < -0.39 is 23.6 Å². The molecule has 2 rings (SSSR count). The number of alkyl halides is 3. The summed E-state index contributed by atoms with van der Waals surface area (Å²) in [6.45, 7) is 17.2. The van der Waals surface area contributed by atoms with Gasteiger partial charge in [0.25, 0.3) is 0 Å². The van der Waals surface area contributed by atoms with Crippen LogP contribution in [0.15, 0.2) is 17.1 Å². The molecule has 1 aliphatic carbocycles. The third kappa shape index (κ3) is 11.5. The van der Waals surface area contributed by atoms with Gasteiger partial charge in [-0.25, -0.2) is 4.39 Å². The molecule has 1 saturated carbocycles. The van der Waals surface area contributed by atoms with E-state index in [1.807, 2.05) is 6.92 Å². The first-order valence-corrected chi connectivity index (χ1v) is 12.8. The van der Waals surface area contributed by atoms with Crippen LogP contribution in [0.4, 0.5) is 23.2 Å². The van der Waals surface area contributed by atoms with Crippen LogP contribution >= 0.6 is 0 Å². The SMILES string of the molecule is CC1(C)CCC1.CCC(=O)CC(C)(C)C(F)(F)F.CCCC(C)=Nc1ccc(C(C)(C)O)c(F)c1C. The summed E-state index contributed by atoms with van der Waals surface area (Å²) in [4.78, 5) is 15.2. The Hall–Kier alpha value is -1.76. The number of Topliss-reactive ketones (excluding diaryl/α,β-unsaturated/α-hetero) is 1. The van der Waals surface area contributed by atoms with Crippen LogP contribution in [0.25, 0.3) is 0 Å². The van der Waals surface area contributed by atoms with Gasteiger partial charge in [0.1, 0.15) is 11.6 Å². The van der Waals surface area contributed by atoms with E-state index in [4.69, 9.17) is 0 Å². The maximum atomic E-state index is 14.2. The van der Waals surface area contributed by atoms with E-state index in [9.17, 15) is 27.5 Å². The highest BCUT2D eigenvalue weighted by Crippen LogP contribution is 2.40. The molecule has 0 atom stereocenters. The van der Waals surface area contributed by atoms with E-state index in [1.165, 1.54) is 19.3 Å². The molecule has 3 nitrogen and oxygen atoms in total. The summed E-state index contributed by atoms with van der Waals surface area (Å²) in [5, 5.41) is 9.88. The molecule has 1 aromatic rings. The molecule has 0 unspecified atom stereocenters. The second-order valence-corrected chi connectivity index (χ2v) is 11.7. The molecule has 36 heavy (non-hydrogen) atoms. The summed E-state index contributed by atoms with van der Waals surface area (Å²) in [7, 11) is 0. The van der Waals surface area contributed by atoms with Crippen molar-refractivity contribution in [1.82, 2.24) is 0 Å². The topological polar surface area (TPSA) is 49.7 Å². The van der Waals surface area contributed by atoms with Crippen molar-refractivity contribution in [3.05, 3.63) is 29.1 Å². The summed E-state index contributed by atoms with van der Waals surface area (Å²) in [6.07, 6.45) is 1.75. The van der Waals surface area contributed by atoms with Gasteiger partial charge in [-0.2, -0.15) is 13.2 Å². The van der Waals surface area contributed by atoms with Gasteiger partial charge in [0.05, 0.1) is 16.7 Å². The molecule has 7 heteroatoms. The Balaban J connectivity index is 0.000000580. The molecule has 0 heterocycles. The van der Waals surface area contributed by atoms with E-state index in [2.05, 4.69) is 25.8 Å². The number of rotatable bonds is 7. The van der Waals surface area contributed by atoms with Crippen LogP contribution in [-0.2, 0) is 10.4 Å². The molecule has 208 valence electrons. The third-order valence-electron chi connectivity index (χ3n) is 6.45. The standard InChI is InChI=1S/C15H22FNO.C8H13F3O.C6H12/c1-6-7-10(2)17-13-9-8-12(15(4,5)18)14(16)11(13)3;1-4-6(12)5-7(2,3)8(9,10)11;1-6(2)4-3-5-6/h8-9,18H,6-7H2,1-5H3;4-5H2,1-3H3;3-5H2,1-2H3. The summed E-state index contributed by atoms with van der Waals surface area (Å²) in [5.74, 6) is -0.717. The van der Waals surface area contributed by atoms with Crippen LogP contribution < -0.4 is 0 Å². The van der Waals surface area contributed by atoms with Gasteiger partial charge >= 0.3 is 6.18 Å². The number of halogens is 4. The number of aliphatic hydroxyl groups is 1. The highest BCUT2D eigenvalue weighted by atomic mass is 19.4. The molecule has 1 fully saturated rings. The lowest BCUT2D eigenvalue weighted by Gasteiger charge is -2.33. The molecule has 0 aliphatic heterocycles. The van der Waals surface area contributed by atoms with E-state index >= 15 is 0 Å². The Morgan fingerprint density at radius 2 is 1.58 bits per heavy atom. The number of ketones is 1. The Labute approximate surface area is 215 Å². The molecular weight excluding hydrogens is 470 g/mol. The molecule has 0 saturated heterocycles. The predicted octanol–water partition coefficient (Wildman–Crippen LogP) is 9.39. The van der Waals surface area contributed by atoms with E-state index in [1.54, 1.807) is 39.8 Å². The fraction of sp³-hybridized carbons (Fsp3) is 0.724. The molecule has 1 aliphatic rings. The quantitative estimate of drug-likeness (QED) is 0.289. The second-order valence-electron chi connectivity index (χ2n) is 11.7. The van der Waals surface area contributed by atoms with E-state index in [0.29, 0.717) is 16.8 Å². The van der Waals surface area contributed by atoms with Crippen molar-refractivity contribution in [2.75, 3.05) is 0 Å². The van der Waals surface area contributed by atoms with Gasteiger partial charge in [-0.1, -0.05) is 60.5 Å². The van der Waals surface area contributed by atoms with Crippen LogP contribution in [0.2, 0.25) is 0 Å². The Morgan fingerprint density at radius 1 is 1.08 bits per heavy atom. The van der Waals surface area contributed by atoms with Gasteiger partial charge in [-0.15, -0.1) is 0 Å². The minimum atomic E-state index is -4.29. The zero-order valence-corrected chi connectivity index (χ0v) is 23.9. The fourth-order valence-electron chi connectivity index (χ4n) is 3.49. The van der Waals surface area contributed by atoms with Gasteiger partial charge in [-0.05, 0) is 58.4 Å². The molecule has 1 aromatic carbocycles. The Bertz CT molecular complexity index is 872. The minimum Gasteiger partial charge on any atom is -0.386 e. The van der Waals surface area contributed by atoms with E-state index in [0.717, 1.165) is 37.8 Å². The maximum Gasteiger partial charge on any atom is 0.394 e. The lowest BCUT2D eigenvalue weighted by Crippen LogP contribution is -2.34. The second kappa shape index (κ2) is 13.7. The van der Waals surface area contributed by atoms with Crippen LogP contribution in [0, 0.1) is 23.6 Å². The van der Waals surface area contributed by atoms with Crippen LogP contribution in [0.3, 0.4) is 0 Å². The fourth-order valence-corrected chi connectivity index (χ4v) is 3.49. The van der Waals surface area contributed by atoms with Crippen molar-refractivity contribution < 1.29 is 27.5 Å². The maximum absolute atomic E-state index is 14.2. The van der Waals surface area contributed by atoms with Crippen molar-refractivity contribution in [3.8, 4) is 0 Å². The number of hydrogen-bond donors (Lipinski definition) is 1. The molecule has 0 amide bonds. The van der Waals surface area contributed by atoms with Gasteiger partial charge in [-0.3, -0.25) is 9.79 Å². The molecule has 0 bridgehead atoms. The number of benzene rings is 1. The average Bonchev–Trinajstić information content (AvgIpc) is 2.69. The van der Waals surface area contributed by atoms with Crippen LogP contribution in [0.1, 0.15) is 118 Å². The van der Waals surface area contributed by atoms with Gasteiger partial charge in [0, 0.05) is 29.7 Å². The van der Waals surface area contributed by atoms with Crippen molar-refractivity contribution in [1.29, 1.82) is 0 Å². The van der Waals surface area contributed by atoms with Gasteiger partial charge < -0.3 is 5.11 Å². The average molecular weight is 518 g/mol. The van der Waals surface area contributed by atoms with Crippen molar-refractivity contribution in [2.45, 2.75) is 126 Å². The lowest BCUT2D eigenvalue weighted by atomic mass is 9.72. The summed E-state index contributed by atoms with van der Waals surface area (Å²) >= 11 is 0. The number of carbonyl (C=O) groups is 1. The highest BCUT2D eigenvalue weighted by Gasteiger charge is 2.47. The van der Waals surface area contributed by atoms with Crippen molar-refractivity contribution in [2.24, 2.45) is 15.8 Å². The van der Waals surface area contributed by atoms with Gasteiger partial charge in [0.2, 0.25) is 0 Å². The monoisotopic (exact) mass is 517 g/mol. The molecule has 0 radical (unpaired) electrons. The summed E-state index contributed by atoms with van der Waals surface area (Å²) in [6, 6.07) is 3.38. The first-order chi connectivity index (χ1) is 16.2. The van der Waals surface area contributed by atoms with Gasteiger partial charge in [0.15, 0.2) is 0 Å².